The topological polar surface area (TPSA) is 70.5 Å². The molecule has 0 unspecified atom stereocenters. The molecule has 0 aromatic rings. The first-order valence-electron chi connectivity index (χ1n) is 4.52. The van der Waals surface area contributed by atoms with Crippen molar-refractivity contribution < 1.29 is 30.5 Å². The van der Waals surface area contributed by atoms with Crippen LogP contribution in [0.25, 0.3) is 0 Å². The minimum Gasteiger partial charge on any atom is -0.345 e. The Balaban J connectivity index is 0.00000144. The van der Waals surface area contributed by atoms with E-state index in [0.717, 1.165) is 12.8 Å². The first kappa shape index (κ1) is 13.5. The Hall–Kier alpha value is 0.528. The maximum absolute atomic E-state index is 5.53. The van der Waals surface area contributed by atoms with E-state index in [1.807, 2.05) is 0 Å². The van der Waals surface area contributed by atoms with E-state index in [1.54, 1.807) is 0 Å². The molecule has 1 aliphatic rings. The summed E-state index contributed by atoms with van der Waals surface area (Å²) in [5, 5.41) is 0. The van der Waals surface area contributed by atoms with Gasteiger partial charge in [-0.1, -0.05) is 13.3 Å². The van der Waals surface area contributed by atoms with E-state index in [9.17, 15) is 0 Å². The second-order valence-electron chi connectivity index (χ2n) is 3.04. The van der Waals surface area contributed by atoms with E-state index < -0.39 is 0 Å². The fraction of sp³-hybridized carbons (Fsp3) is 1.00. The molecule has 0 aromatic carbocycles. The fourth-order valence-electron chi connectivity index (χ4n) is 1.38. The second-order valence-corrected chi connectivity index (χ2v) is 3.04. The van der Waals surface area contributed by atoms with E-state index >= 15 is 0 Å². The summed E-state index contributed by atoms with van der Waals surface area (Å²) >= 11 is 0. The normalized spacial score (nSPS) is 28.8. The minimum atomic E-state index is -0.0860. The van der Waals surface area contributed by atoms with Gasteiger partial charge in [0.25, 0.3) is 0 Å². The molecule has 0 aromatic heterocycles. The van der Waals surface area contributed by atoms with Crippen molar-refractivity contribution in [2.45, 2.75) is 38.3 Å². The molecule has 1 rings (SSSR count). The van der Waals surface area contributed by atoms with Gasteiger partial charge in [-0.2, -0.15) is 0 Å². The van der Waals surface area contributed by atoms with Crippen LogP contribution in [-0.2, 0) is 30.5 Å². The Morgan fingerprint density at radius 1 is 1.08 bits per heavy atom. The first-order chi connectivity index (χ1) is 5.81. The number of hydrogen-bond donors (Lipinski definition) is 2. The molecule has 4 nitrogen and oxygen atoms in total. The molecule has 4 N–H and O–H groups in total. The molecule has 1 aliphatic heterocycles. The Labute approximate surface area is 93.6 Å². The SMILES string of the molecule is CCCC1O[C@H](CN)[C@@H](CN)O1.[Pt]. The molecular formula is C8H18N2O2Pt. The van der Waals surface area contributed by atoms with Gasteiger partial charge < -0.3 is 20.9 Å². The summed E-state index contributed by atoms with van der Waals surface area (Å²) in [6.45, 7) is 3.07. The molecule has 1 saturated heterocycles. The van der Waals surface area contributed by atoms with E-state index in [1.165, 1.54) is 0 Å². The van der Waals surface area contributed by atoms with E-state index in [0.29, 0.717) is 13.1 Å². The summed E-state index contributed by atoms with van der Waals surface area (Å²) in [7, 11) is 0. The van der Waals surface area contributed by atoms with Crippen LogP contribution in [0.3, 0.4) is 0 Å². The van der Waals surface area contributed by atoms with Crippen molar-refractivity contribution >= 4 is 0 Å². The third-order valence-electron chi connectivity index (χ3n) is 2.06. The van der Waals surface area contributed by atoms with E-state index in [4.69, 9.17) is 20.9 Å². The van der Waals surface area contributed by atoms with Gasteiger partial charge >= 0.3 is 0 Å². The predicted octanol–water partition coefficient (Wildman–Crippen LogP) is -0.188. The molecule has 1 heterocycles. The smallest absolute Gasteiger partial charge is 0.158 e. The number of rotatable bonds is 4. The van der Waals surface area contributed by atoms with Crippen molar-refractivity contribution in [3.05, 3.63) is 0 Å². The van der Waals surface area contributed by atoms with Crippen molar-refractivity contribution in [1.29, 1.82) is 0 Å². The summed E-state index contributed by atoms with van der Waals surface area (Å²) in [6.07, 6.45) is 1.88. The summed E-state index contributed by atoms with van der Waals surface area (Å²) in [4.78, 5) is 0. The summed E-state index contributed by atoms with van der Waals surface area (Å²) < 4.78 is 11.1. The largest absolute Gasteiger partial charge is 0.345 e. The molecule has 0 aliphatic carbocycles. The maximum atomic E-state index is 5.53. The quantitative estimate of drug-likeness (QED) is 0.721. The Kier molecular flexibility index (Phi) is 7.19. The minimum absolute atomic E-state index is 0. The van der Waals surface area contributed by atoms with Crippen LogP contribution >= 0.6 is 0 Å². The van der Waals surface area contributed by atoms with Gasteiger partial charge in [0.1, 0.15) is 12.2 Å². The zero-order valence-electron chi connectivity index (χ0n) is 7.85. The molecule has 5 heteroatoms. The van der Waals surface area contributed by atoms with Crippen LogP contribution in [0.5, 0.6) is 0 Å². The zero-order valence-corrected chi connectivity index (χ0v) is 10.1. The van der Waals surface area contributed by atoms with Gasteiger partial charge in [0.2, 0.25) is 0 Å². The van der Waals surface area contributed by atoms with Crippen molar-refractivity contribution in [1.82, 2.24) is 0 Å². The van der Waals surface area contributed by atoms with Gasteiger partial charge in [-0.05, 0) is 6.42 Å². The first-order valence-corrected chi connectivity index (χ1v) is 4.52. The molecule has 1 fully saturated rings. The number of hydrogen-bond acceptors (Lipinski definition) is 4. The molecule has 0 amide bonds. The van der Waals surface area contributed by atoms with Gasteiger partial charge in [-0.15, -0.1) is 0 Å². The van der Waals surface area contributed by atoms with Crippen molar-refractivity contribution in [3.8, 4) is 0 Å². The summed E-state index contributed by atoms with van der Waals surface area (Å²) in [6, 6.07) is 0. The van der Waals surface area contributed by atoms with Gasteiger partial charge in [-0.25, -0.2) is 0 Å². The molecule has 82 valence electrons. The Morgan fingerprint density at radius 2 is 1.54 bits per heavy atom. The van der Waals surface area contributed by atoms with Crippen LogP contribution < -0.4 is 11.5 Å². The maximum Gasteiger partial charge on any atom is 0.158 e. The van der Waals surface area contributed by atoms with Crippen molar-refractivity contribution in [3.63, 3.8) is 0 Å². The number of ether oxygens (including phenoxy) is 2. The van der Waals surface area contributed by atoms with Gasteiger partial charge in [0.15, 0.2) is 6.29 Å². The predicted molar refractivity (Wildman–Crippen MR) is 46.6 cm³/mol. The second kappa shape index (κ2) is 6.91. The van der Waals surface area contributed by atoms with Crippen LogP contribution in [0, 0.1) is 0 Å². The van der Waals surface area contributed by atoms with Crippen molar-refractivity contribution in [2.24, 2.45) is 11.5 Å². The standard InChI is InChI=1S/C8H18N2O2.Pt/c1-2-3-8-11-6(4-9)7(5-10)12-8;/h6-8H,2-5,9-10H2,1H3;/t6-,7-;/m1./s1. The summed E-state index contributed by atoms with van der Waals surface area (Å²) in [5.74, 6) is 0. The molecular weight excluding hydrogens is 351 g/mol. The zero-order chi connectivity index (χ0) is 8.97. The van der Waals surface area contributed by atoms with E-state index in [2.05, 4.69) is 6.92 Å². The van der Waals surface area contributed by atoms with Crippen LogP contribution in [0.4, 0.5) is 0 Å². The van der Waals surface area contributed by atoms with Crippen LogP contribution in [0.2, 0.25) is 0 Å². The Bertz CT molecular complexity index is 125. The number of nitrogens with two attached hydrogens (primary N) is 2. The van der Waals surface area contributed by atoms with Gasteiger partial charge in [-0.3, -0.25) is 0 Å². The monoisotopic (exact) mass is 369 g/mol. The molecule has 0 bridgehead atoms. The molecule has 2 atom stereocenters. The average Bonchev–Trinajstić information content (AvgIpc) is 2.48. The fourth-order valence-corrected chi connectivity index (χ4v) is 1.38. The average molecular weight is 369 g/mol. The van der Waals surface area contributed by atoms with Crippen molar-refractivity contribution in [2.75, 3.05) is 13.1 Å². The third kappa shape index (κ3) is 3.64. The third-order valence-corrected chi connectivity index (χ3v) is 2.06. The summed E-state index contributed by atoms with van der Waals surface area (Å²) in [5.41, 5.74) is 11.0. The van der Waals surface area contributed by atoms with Gasteiger partial charge in [0, 0.05) is 34.2 Å². The molecule has 0 saturated carbocycles. The Morgan fingerprint density at radius 3 is 1.85 bits per heavy atom. The van der Waals surface area contributed by atoms with Crippen LogP contribution in [-0.4, -0.2) is 31.6 Å². The molecule has 0 radical (unpaired) electrons. The van der Waals surface area contributed by atoms with E-state index in [-0.39, 0.29) is 39.6 Å². The molecule has 13 heavy (non-hydrogen) atoms. The molecule has 0 spiro atoms. The van der Waals surface area contributed by atoms with Crippen LogP contribution in [0.1, 0.15) is 19.8 Å². The van der Waals surface area contributed by atoms with Gasteiger partial charge in [0.05, 0.1) is 0 Å². The van der Waals surface area contributed by atoms with Crippen LogP contribution in [0.15, 0.2) is 0 Å².